The minimum absolute atomic E-state index is 0.0363. The Bertz CT molecular complexity index is 814. The molecule has 2 aromatic rings. The number of hydrogen-bond acceptors (Lipinski definition) is 5. The second-order valence-electron chi connectivity index (χ2n) is 6.97. The van der Waals surface area contributed by atoms with Crippen molar-refractivity contribution >= 4 is 23.1 Å². The number of halogens is 1. The number of ether oxygens (including phenoxy) is 1. The molecule has 0 spiro atoms. The Balaban J connectivity index is 1.77. The number of aromatic nitrogens is 3. The molecular weight excluding hydrogens is 326 g/mol. The highest BCUT2D eigenvalue weighted by molar-refractivity contribution is 6.35. The third-order valence-electron chi connectivity index (χ3n) is 5.32. The van der Waals surface area contributed by atoms with E-state index >= 15 is 0 Å². The van der Waals surface area contributed by atoms with Crippen LogP contribution in [-0.4, -0.2) is 33.9 Å². The predicted octanol–water partition coefficient (Wildman–Crippen LogP) is 3.29. The molecule has 126 valence electrons. The van der Waals surface area contributed by atoms with Crippen LogP contribution in [0, 0.1) is 11.3 Å². The number of nitrogens with zero attached hydrogens (tertiary/aromatic N) is 4. The smallest absolute Gasteiger partial charge is 0.241 e. The van der Waals surface area contributed by atoms with Crippen molar-refractivity contribution in [3.05, 3.63) is 22.5 Å². The molecule has 1 aliphatic heterocycles. The molecule has 2 aliphatic rings. The summed E-state index contributed by atoms with van der Waals surface area (Å²) in [5.41, 5.74) is 2.13. The van der Waals surface area contributed by atoms with Crippen LogP contribution in [0.4, 0.5) is 5.95 Å². The van der Waals surface area contributed by atoms with Crippen molar-refractivity contribution in [2.24, 2.45) is 0 Å². The Morgan fingerprint density at radius 1 is 1.42 bits per heavy atom. The zero-order valence-corrected chi connectivity index (χ0v) is 14.4. The van der Waals surface area contributed by atoms with Crippen LogP contribution in [0.2, 0.25) is 5.02 Å². The lowest BCUT2D eigenvalue weighted by molar-refractivity contribution is 0.0903. The minimum Gasteiger partial charge on any atom is -0.381 e. The normalized spacial score (nSPS) is 20.5. The van der Waals surface area contributed by atoms with Gasteiger partial charge in [-0.15, -0.1) is 5.10 Å². The molecule has 7 heteroatoms. The van der Waals surface area contributed by atoms with Gasteiger partial charge in [-0.2, -0.15) is 5.26 Å². The van der Waals surface area contributed by atoms with E-state index in [1.165, 1.54) is 6.42 Å². The van der Waals surface area contributed by atoms with E-state index in [2.05, 4.69) is 28.4 Å². The zero-order chi connectivity index (χ0) is 16.7. The molecule has 0 atom stereocenters. The highest BCUT2D eigenvalue weighted by Crippen LogP contribution is 2.46. The van der Waals surface area contributed by atoms with Gasteiger partial charge in [0.15, 0.2) is 0 Å². The van der Waals surface area contributed by atoms with Crippen LogP contribution >= 0.6 is 11.6 Å². The molecule has 0 unspecified atom stereocenters. The van der Waals surface area contributed by atoms with Crippen LogP contribution in [0.3, 0.4) is 0 Å². The molecule has 0 aromatic carbocycles. The van der Waals surface area contributed by atoms with E-state index < -0.39 is 0 Å². The Labute approximate surface area is 145 Å². The van der Waals surface area contributed by atoms with Crippen molar-refractivity contribution in [3.63, 3.8) is 0 Å². The van der Waals surface area contributed by atoms with Gasteiger partial charge in [0.25, 0.3) is 0 Å². The second-order valence-corrected chi connectivity index (χ2v) is 7.35. The summed E-state index contributed by atoms with van der Waals surface area (Å²) in [4.78, 5) is 4.40. The Kier molecular flexibility index (Phi) is 3.86. The first kappa shape index (κ1) is 15.7. The van der Waals surface area contributed by atoms with Gasteiger partial charge in [-0.1, -0.05) is 24.9 Å². The summed E-state index contributed by atoms with van der Waals surface area (Å²) in [5.74, 6) is 0.578. The van der Waals surface area contributed by atoms with E-state index in [9.17, 15) is 5.26 Å². The van der Waals surface area contributed by atoms with Crippen molar-refractivity contribution < 1.29 is 4.74 Å². The predicted molar refractivity (Wildman–Crippen MR) is 91.4 cm³/mol. The van der Waals surface area contributed by atoms with Crippen molar-refractivity contribution in [2.75, 3.05) is 18.5 Å². The molecule has 1 saturated heterocycles. The van der Waals surface area contributed by atoms with Gasteiger partial charge in [0.1, 0.15) is 11.6 Å². The van der Waals surface area contributed by atoms with Gasteiger partial charge in [0, 0.05) is 24.7 Å². The molecule has 0 radical (unpaired) electrons. The third kappa shape index (κ3) is 2.43. The molecule has 24 heavy (non-hydrogen) atoms. The summed E-state index contributed by atoms with van der Waals surface area (Å²) < 4.78 is 7.22. The maximum atomic E-state index is 9.59. The van der Waals surface area contributed by atoms with Crippen LogP contribution in [-0.2, 0) is 10.2 Å². The third-order valence-corrected chi connectivity index (χ3v) is 5.70. The molecule has 6 nitrogen and oxygen atoms in total. The molecular formula is C17H20ClN5O. The maximum Gasteiger partial charge on any atom is 0.241 e. The quantitative estimate of drug-likeness (QED) is 0.923. The van der Waals surface area contributed by atoms with Crippen LogP contribution in [0.25, 0.3) is 5.52 Å². The largest absolute Gasteiger partial charge is 0.381 e. The lowest BCUT2D eigenvalue weighted by atomic mass is 9.67. The highest BCUT2D eigenvalue weighted by Gasteiger charge is 2.40. The van der Waals surface area contributed by atoms with Gasteiger partial charge in [-0.05, 0) is 25.7 Å². The van der Waals surface area contributed by atoms with Crippen molar-refractivity contribution in [3.8, 4) is 6.07 Å². The molecule has 3 heterocycles. The second kappa shape index (κ2) is 5.91. The van der Waals surface area contributed by atoms with E-state index in [1.807, 2.05) is 4.52 Å². The fourth-order valence-electron chi connectivity index (χ4n) is 3.70. The van der Waals surface area contributed by atoms with Gasteiger partial charge in [-0.3, -0.25) is 0 Å². The molecule has 2 fully saturated rings. The molecule has 0 amide bonds. The Hall–Kier alpha value is -1.84. The van der Waals surface area contributed by atoms with Crippen LogP contribution in [0.1, 0.15) is 50.3 Å². The maximum absolute atomic E-state index is 9.59. The van der Waals surface area contributed by atoms with E-state index in [0.29, 0.717) is 28.1 Å². The molecule has 2 aromatic heterocycles. The lowest BCUT2D eigenvalue weighted by Crippen LogP contribution is -2.33. The molecule has 1 aliphatic carbocycles. The van der Waals surface area contributed by atoms with E-state index in [1.54, 1.807) is 6.20 Å². The van der Waals surface area contributed by atoms with Gasteiger partial charge in [0.05, 0.1) is 22.5 Å². The van der Waals surface area contributed by atoms with E-state index in [4.69, 9.17) is 16.3 Å². The number of rotatable bonds is 3. The summed E-state index contributed by atoms with van der Waals surface area (Å²) in [6.45, 7) is 3.71. The van der Waals surface area contributed by atoms with Gasteiger partial charge in [0.2, 0.25) is 5.95 Å². The van der Waals surface area contributed by atoms with Crippen LogP contribution in [0.5, 0.6) is 0 Å². The summed E-state index contributed by atoms with van der Waals surface area (Å²) in [6, 6.07) is 2.59. The van der Waals surface area contributed by atoms with Crippen LogP contribution < -0.4 is 5.32 Å². The standard InChI is InChI=1S/C17H20ClN5O/c1-17(5-2-6-17)15-12(9-19)14(18)13-10-20-16(22-23(13)15)21-11-3-7-24-8-4-11/h10-11H,2-8H2,1H3,(H,21,22). The SMILES string of the molecule is CC1(c2c(C#N)c(Cl)c3cnc(NC4CCOCC4)nn23)CCC1. The first-order valence-corrected chi connectivity index (χ1v) is 8.82. The van der Waals surface area contributed by atoms with Crippen LogP contribution in [0.15, 0.2) is 6.20 Å². The van der Waals surface area contributed by atoms with Crippen molar-refractivity contribution in [1.82, 2.24) is 14.6 Å². The molecule has 0 bridgehead atoms. The van der Waals surface area contributed by atoms with Gasteiger partial charge in [-0.25, -0.2) is 9.50 Å². The minimum atomic E-state index is -0.0363. The number of nitrogens with one attached hydrogen (secondary N) is 1. The van der Waals surface area contributed by atoms with E-state index in [-0.39, 0.29) is 5.41 Å². The highest BCUT2D eigenvalue weighted by atomic mass is 35.5. The van der Waals surface area contributed by atoms with Gasteiger partial charge >= 0.3 is 0 Å². The summed E-state index contributed by atoms with van der Waals surface area (Å²) in [5, 5.41) is 18.1. The van der Waals surface area contributed by atoms with Crippen molar-refractivity contribution in [2.45, 2.75) is 50.5 Å². The average molecular weight is 346 g/mol. The average Bonchev–Trinajstić information content (AvgIpc) is 2.85. The van der Waals surface area contributed by atoms with Crippen molar-refractivity contribution in [1.29, 1.82) is 5.26 Å². The molecule has 4 rings (SSSR count). The number of hydrogen-bond donors (Lipinski definition) is 1. The molecule has 1 saturated carbocycles. The summed E-state index contributed by atoms with van der Waals surface area (Å²) in [6.07, 6.45) is 6.88. The van der Waals surface area contributed by atoms with Gasteiger partial charge < -0.3 is 10.1 Å². The zero-order valence-electron chi connectivity index (χ0n) is 13.7. The number of nitriles is 1. The first-order valence-electron chi connectivity index (χ1n) is 8.44. The fourth-order valence-corrected chi connectivity index (χ4v) is 3.96. The summed E-state index contributed by atoms with van der Waals surface area (Å²) >= 11 is 6.43. The Morgan fingerprint density at radius 3 is 2.79 bits per heavy atom. The number of fused-ring (bicyclic) bond motifs is 1. The number of anilines is 1. The lowest BCUT2D eigenvalue weighted by Gasteiger charge is -2.38. The topological polar surface area (TPSA) is 75.2 Å². The monoisotopic (exact) mass is 345 g/mol. The molecule has 1 N–H and O–H groups in total. The Morgan fingerprint density at radius 2 is 2.17 bits per heavy atom. The fraction of sp³-hybridized carbons (Fsp3) is 0.588. The summed E-state index contributed by atoms with van der Waals surface area (Å²) in [7, 11) is 0. The first-order chi connectivity index (χ1) is 11.6. The van der Waals surface area contributed by atoms with E-state index in [0.717, 1.165) is 44.6 Å².